The first kappa shape index (κ1) is 16.9. The Bertz CT molecular complexity index is 835. The van der Waals surface area contributed by atoms with Crippen molar-refractivity contribution >= 4 is 0 Å². The van der Waals surface area contributed by atoms with Crippen LogP contribution in [0.15, 0.2) is 60.8 Å². The number of aromatic amines is 1. The number of rotatable bonds is 5. The Morgan fingerprint density at radius 3 is 2.54 bits per heavy atom. The quantitative estimate of drug-likeness (QED) is 0.740. The van der Waals surface area contributed by atoms with E-state index in [1.54, 1.807) is 7.11 Å². The van der Waals surface area contributed by atoms with Gasteiger partial charge in [-0.05, 0) is 43.5 Å². The lowest BCUT2D eigenvalue weighted by Gasteiger charge is -2.32. The monoisotopic (exact) mass is 347 g/mol. The molecule has 1 aliphatic rings. The highest BCUT2D eigenvalue weighted by Crippen LogP contribution is 2.34. The van der Waals surface area contributed by atoms with E-state index in [0.717, 1.165) is 36.8 Å². The van der Waals surface area contributed by atoms with Crippen LogP contribution in [0.2, 0.25) is 0 Å². The van der Waals surface area contributed by atoms with Gasteiger partial charge in [0.25, 0.3) is 0 Å². The molecule has 0 saturated carbocycles. The molecular formula is C22H25N3O. The van der Waals surface area contributed by atoms with Crippen LogP contribution in [0.25, 0.3) is 11.4 Å². The number of nitrogens with one attached hydrogen (secondary N) is 1. The molecule has 1 saturated heterocycles. The number of para-hydroxylation sites is 1. The summed E-state index contributed by atoms with van der Waals surface area (Å²) in [6.45, 7) is 3.13. The van der Waals surface area contributed by atoms with Crippen molar-refractivity contribution in [2.45, 2.75) is 25.3 Å². The van der Waals surface area contributed by atoms with Gasteiger partial charge in [-0.15, -0.1) is 0 Å². The third kappa shape index (κ3) is 3.65. The summed E-state index contributed by atoms with van der Waals surface area (Å²) in [5.41, 5.74) is 3.66. The summed E-state index contributed by atoms with van der Waals surface area (Å²) in [5.74, 6) is 2.56. The smallest absolute Gasteiger partial charge is 0.137 e. The first-order valence-electron chi connectivity index (χ1n) is 9.28. The first-order chi connectivity index (χ1) is 12.8. The molecule has 0 aliphatic carbocycles. The van der Waals surface area contributed by atoms with E-state index in [2.05, 4.69) is 45.2 Å². The van der Waals surface area contributed by atoms with Crippen molar-refractivity contribution in [1.82, 2.24) is 14.9 Å². The van der Waals surface area contributed by atoms with Crippen molar-refractivity contribution in [3.8, 4) is 17.1 Å². The van der Waals surface area contributed by atoms with Crippen LogP contribution in [-0.2, 0) is 6.54 Å². The summed E-state index contributed by atoms with van der Waals surface area (Å²) in [6, 6.07) is 18.7. The van der Waals surface area contributed by atoms with Crippen LogP contribution in [0.4, 0.5) is 0 Å². The maximum Gasteiger partial charge on any atom is 0.137 e. The molecule has 4 nitrogen and oxygen atoms in total. The molecule has 4 rings (SSSR count). The number of aromatic nitrogens is 2. The zero-order valence-electron chi connectivity index (χ0n) is 15.2. The fourth-order valence-corrected chi connectivity index (χ4v) is 3.83. The molecule has 134 valence electrons. The summed E-state index contributed by atoms with van der Waals surface area (Å²) in [4.78, 5) is 10.5. The van der Waals surface area contributed by atoms with Crippen LogP contribution in [0, 0.1) is 0 Å². The molecule has 0 amide bonds. The number of methoxy groups -OCH3 is 1. The maximum absolute atomic E-state index is 5.54. The van der Waals surface area contributed by atoms with E-state index in [0.29, 0.717) is 5.92 Å². The Balaban J connectivity index is 1.36. The van der Waals surface area contributed by atoms with Gasteiger partial charge in [-0.1, -0.05) is 48.5 Å². The third-order valence-electron chi connectivity index (χ3n) is 5.24. The Labute approximate surface area is 154 Å². The lowest BCUT2D eigenvalue weighted by molar-refractivity contribution is 0.201. The van der Waals surface area contributed by atoms with Crippen molar-refractivity contribution in [2.24, 2.45) is 0 Å². The van der Waals surface area contributed by atoms with Gasteiger partial charge >= 0.3 is 0 Å². The molecule has 2 aromatic carbocycles. The minimum atomic E-state index is 0.587. The summed E-state index contributed by atoms with van der Waals surface area (Å²) >= 11 is 0. The Kier molecular flexibility index (Phi) is 5.02. The fraction of sp³-hybridized carbons (Fsp3) is 0.318. The summed E-state index contributed by atoms with van der Waals surface area (Å²) in [6.07, 6.45) is 4.30. The van der Waals surface area contributed by atoms with E-state index in [-0.39, 0.29) is 0 Å². The lowest BCUT2D eigenvalue weighted by Crippen LogP contribution is -2.32. The number of ether oxygens (including phenoxy) is 1. The number of nitrogens with zero attached hydrogens (tertiary/aromatic N) is 2. The number of H-pyrrole nitrogens is 1. The predicted octanol–water partition coefficient (Wildman–Crippen LogP) is 4.46. The van der Waals surface area contributed by atoms with E-state index in [1.165, 1.54) is 24.1 Å². The molecular weight excluding hydrogens is 322 g/mol. The number of hydrogen-bond acceptors (Lipinski definition) is 3. The van der Waals surface area contributed by atoms with Gasteiger partial charge in [0.1, 0.15) is 11.6 Å². The molecule has 0 unspecified atom stereocenters. The maximum atomic E-state index is 5.54. The van der Waals surface area contributed by atoms with E-state index in [1.807, 2.05) is 30.5 Å². The number of piperidine rings is 1. The largest absolute Gasteiger partial charge is 0.496 e. The summed E-state index contributed by atoms with van der Waals surface area (Å²) in [5, 5.41) is 0. The molecule has 3 aromatic rings. The molecule has 0 bridgehead atoms. The molecule has 26 heavy (non-hydrogen) atoms. The normalized spacial score (nSPS) is 15.9. The van der Waals surface area contributed by atoms with E-state index < -0.39 is 0 Å². The molecule has 0 spiro atoms. The zero-order chi connectivity index (χ0) is 17.8. The van der Waals surface area contributed by atoms with E-state index >= 15 is 0 Å². The highest BCUT2D eigenvalue weighted by atomic mass is 16.5. The highest BCUT2D eigenvalue weighted by Gasteiger charge is 2.23. The van der Waals surface area contributed by atoms with Crippen molar-refractivity contribution < 1.29 is 4.74 Å². The van der Waals surface area contributed by atoms with E-state index in [9.17, 15) is 0 Å². The second-order valence-corrected chi connectivity index (χ2v) is 6.92. The minimum absolute atomic E-state index is 0.587. The van der Waals surface area contributed by atoms with Gasteiger partial charge in [0.05, 0.1) is 7.11 Å². The van der Waals surface area contributed by atoms with Crippen molar-refractivity contribution in [2.75, 3.05) is 20.2 Å². The molecule has 1 fully saturated rings. The number of imidazole rings is 1. The Hall–Kier alpha value is -2.59. The second-order valence-electron chi connectivity index (χ2n) is 6.92. The SMILES string of the molecule is COc1ccccc1C1CCN(Cc2cnc(-c3ccccc3)[nH]2)CC1. The molecule has 0 radical (unpaired) electrons. The number of likely N-dealkylation sites (tertiary alicyclic amines) is 1. The summed E-state index contributed by atoms with van der Waals surface area (Å²) in [7, 11) is 1.76. The standard InChI is InChI=1S/C22H25N3O/c1-26-21-10-6-5-9-20(21)17-11-13-25(14-12-17)16-19-15-23-22(24-19)18-7-3-2-4-8-18/h2-10,15,17H,11-14,16H2,1H3,(H,23,24). The van der Waals surface area contributed by atoms with Gasteiger partial charge in [-0.25, -0.2) is 4.98 Å². The van der Waals surface area contributed by atoms with Crippen LogP contribution in [0.1, 0.15) is 30.0 Å². The van der Waals surface area contributed by atoms with Gasteiger partial charge < -0.3 is 9.72 Å². The molecule has 1 aromatic heterocycles. The first-order valence-corrected chi connectivity index (χ1v) is 9.28. The predicted molar refractivity (Wildman–Crippen MR) is 104 cm³/mol. The molecule has 4 heteroatoms. The Morgan fingerprint density at radius 1 is 1.04 bits per heavy atom. The lowest BCUT2D eigenvalue weighted by atomic mass is 9.89. The average molecular weight is 347 g/mol. The van der Waals surface area contributed by atoms with Crippen LogP contribution < -0.4 is 4.74 Å². The second kappa shape index (κ2) is 7.75. The van der Waals surface area contributed by atoms with Crippen molar-refractivity contribution in [1.29, 1.82) is 0 Å². The third-order valence-corrected chi connectivity index (χ3v) is 5.24. The number of benzene rings is 2. The Morgan fingerprint density at radius 2 is 1.77 bits per heavy atom. The molecule has 0 atom stereocenters. The van der Waals surface area contributed by atoms with Gasteiger partial charge in [0, 0.05) is 24.0 Å². The van der Waals surface area contributed by atoms with Gasteiger partial charge in [0.2, 0.25) is 0 Å². The van der Waals surface area contributed by atoms with Crippen LogP contribution >= 0.6 is 0 Å². The fourth-order valence-electron chi connectivity index (χ4n) is 3.83. The van der Waals surface area contributed by atoms with Crippen LogP contribution in [-0.4, -0.2) is 35.1 Å². The van der Waals surface area contributed by atoms with Crippen LogP contribution in [0.5, 0.6) is 5.75 Å². The van der Waals surface area contributed by atoms with Crippen molar-refractivity contribution in [3.05, 3.63) is 72.1 Å². The molecule has 2 heterocycles. The van der Waals surface area contributed by atoms with Crippen LogP contribution in [0.3, 0.4) is 0 Å². The zero-order valence-corrected chi connectivity index (χ0v) is 15.2. The van der Waals surface area contributed by atoms with E-state index in [4.69, 9.17) is 4.74 Å². The highest BCUT2D eigenvalue weighted by molar-refractivity contribution is 5.54. The van der Waals surface area contributed by atoms with Gasteiger partial charge in [0.15, 0.2) is 0 Å². The van der Waals surface area contributed by atoms with Crippen molar-refractivity contribution in [3.63, 3.8) is 0 Å². The molecule has 1 N–H and O–H groups in total. The van der Waals surface area contributed by atoms with Gasteiger partial charge in [-0.2, -0.15) is 0 Å². The average Bonchev–Trinajstić information content (AvgIpc) is 3.18. The summed E-state index contributed by atoms with van der Waals surface area (Å²) < 4.78 is 5.54. The minimum Gasteiger partial charge on any atom is -0.496 e. The molecule has 1 aliphatic heterocycles. The number of hydrogen-bond donors (Lipinski definition) is 1. The topological polar surface area (TPSA) is 41.1 Å². The van der Waals surface area contributed by atoms with Gasteiger partial charge in [-0.3, -0.25) is 4.90 Å².